The second kappa shape index (κ2) is 6.86. The molecule has 140 valence electrons. The molecule has 0 bridgehead atoms. The highest BCUT2D eigenvalue weighted by molar-refractivity contribution is 7.94. The zero-order valence-electron chi connectivity index (χ0n) is 14.4. The van der Waals surface area contributed by atoms with Crippen molar-refractivity contribution in [1.29, 1.82) is 0 Å². The first-order valence-corrected chi connectivity index (χ1v) is 10.8. The van der Waals surface area contributed by atoms with Crippen molar-refractivity contribution in [1.82, 2.24) is 5.32 Å². The molecule has 27 heavy (non-hydrogen) atoms. The van der Waals surface area contributed by atoms with E-state index in [1.54, 1.807) is 36.6 Å². The molecular weight excluding hydrogens is 386 g/mol. The summed E-state index contributed by atoms with van der Waals surface area (Å²) in [5.41, 5.74) is 0.638. The monoisotopic (exact) mass is 403 g/mol. The van der Waals surface area contributed by atoms with Crippen LogP contribution in [-0.4, -0.2) is 19.6 Å². The van der Waals surface area contributed by atoms with Crippen LogP contribution in [0.15, 0.2) is 62.5 Å². The van der Waals surface area contributed by atoms with Crippen LogP contribution < -0.4 is 10.1 Å². The van der Waals surface area contributed by atoms with Gasteiger partial charge in [0.25, 0.3) is 11.9 Å². The molecule has 3 heterocycles. The Morgan fingerprint density at radius 1 is 1.19 bits per heavy atom. The van der Waals surface area contributed by atoms with Crippen LogP contribution >= 0.6 is 11.3 Å². The molecule has 0 radical (unpaired) electrons. The fraction of sp³-hybridized carbons (Fsp3) is 0.211. The average molecular weight is 403 g/mol. The summed E-state index contributed by atoms with van der Waals surface area (Å²) in [6, 6.07) is 13.6. The third-order valence-electron chi connectivity index (χ3n) is 4.46. The van der Waals surface area contributed by atoms with Crippen molar-refractivity contribution in [2.45, 2.75) is 28.8 Å². The number of carbonyl (C=O) groups excluding carboxylic acids is 1. The van der Waals surface area contributed by atoms with Crippen LogP contribution in [0.4, 0.5) is 0 Å². The molecule has 1 N–H and O–H groups in total. The Morgan fingerprint density at radius 2 is 1.96 bits per heavy atom. The van der Waals surface area contributed by atoms with Gasteiger partial charge in [-0.25, -0.2) is 8.42 Å². The number of hydrogen-bond donors (Lipinski definition) is 1. The molecule has 3 aromatic rings. The summed E-state index contributed by atoms with van der Waals surface area (Å²) in [5.74, 6) is 0.514. The number of carbonyl (C=O) groups is 1. The van der Waals surface area contributed by atoms with Crippen LogP contribution in [0.2, 0.25) is 0 Å². The van der Waals surface area contributed by atoms with Crippen molar-refractivity contribution in [3.8, 4) is 11.7 Å². The molecule has 1 aliphatic rings. The molecule has 2 aromatic heterocycles. The van der Waals surface area contributed by atoms with E-state index in [4.69, 9.17) is 9.15 Å². The summed E-state index contributed by atoms with van der Waals surface area (Å²) in [6.07, 6.45) is 0.325. The number of para-hydroxylation sites is 1. The standard InChI is InChI=1S/C19H17NO5S2/c1-12-11-15(14-9-10-26-19(14)27(12,22)23)20-18(21)16-7-8-17(25-16)24-13-5-3-2-4-6-13/h2-10,12,15H,11H2,1H3,(H,20,21)/t12-,15-/m0/s1. The van der Waals surface area contributed by atoms with E-state index in [1.807, 2.05) is 18.2 Å². The summed E-state index contributed by atoms with van der Waals surface area (Å²) >= 11 is 1.19. The summed E-state index contributed by atoms with van der Waals surface area (Å²) in [6.45, 7) is 1.66. The SMILES string of the molecule is C[C@H]1C[C@H](NC(=O)c2ccc(Oc3ccccc3)o2)c2ccsc2S1(=O)=O. The van der Waals surface area contributed by atoms with Crippen LogP contribution in [0.5, 0.6) is 11.7 Å². The predicted molar refractivity (Wildman–Crippen MR) is 101 cm³/mol. The van der Waals surface area contributed by atoms with E-state index < -0.39 is 21.0 Å². The minimum absolute atomic E-state index is 0.110. The van der Waals surface area contributed by atoms with Gasteiger partial charge in [-0.3, -0.25) is 4.79 Å². The highest BCUT2D eigenvalue weighted by atomic mass is 32.2. The van der Waals surface area contributed by atoms with E-state index in [-0.39, 0.29) is 17.7 Å². The van der Waals surface area contributed by atoms with Crippen molar-refractivity contribution in [2.75, 3.05) is 0 Å². The third kappa shape index (κ3) is 3.38. The third-order valence-corrected chi connectivity index (χ3v) is 8.17. The Labute approximate surface area is 160 Å². The van der Waals surface area contributed by atoms with Gasteiger partial charge >= 0.3 is 0 Å². The number of hydrogen-bond acceptors (Lipinski definition) is 6. The molecular formula is C19H17NO5S2. The first-order valence-electron chi connectivity index (χ1n) is 8.40. The molecule has 0 spiro atoms. The molecule has 0 saturated carbocycles. The maximum Gasteiger partial charge on any atom is 0.290 e. The lowest BCUT2D eigenvalue weighted by atomic mass is 10.0. The van der Waals surface area contributed by atoms with Gasteiger partial charge in [-0.05, 0) is 43.0 Å². The van der Waals surface area contributed by atoms with Crippen molar-refractivity contribution in [2.24, 2.45) is 0 Å². The molecule has 1 aromatic carbocycles. The molecule has 0 saturated heterocycles. The second-order valence-electron chi connectivity index (χ2n) is 6.31. The van der Waals surface area contributed by atoms with Crippen LogP contribution in [-0.2, 0) is 9.84 Å². The van der Waals surface area contributed by atoms with Crippen molar-refractivity contribution < 1.29 is 22.4 Å². The van der Waals surface area contributed by atoms with E-state index in [9.17, 15) is 13.2 Å². The van der Waals surface area contributed by atoms with Gasteiger partial charge in [-0.15, -0.1) is 11.3 Å². The minimum atomic E-state index is -3.32. The summed E-state index contributed by atoms with van der Waals surface area (Å²) in [4.78, 5) is 12.6. The lowest BCUT2D eigenvalue weighted by molar-refractivity contribution is 0.0900. The molecule has 2 atom stereocenters. The van der Waals surface area contributed by atoms with Crippen LogP contribution in [0.3, 0.4) is 0 Å². The Balaban J connectivity index is 1.50. The minimum Gasteiger partial charge on any atom is -0.426 e. The second-order valence-corrected chi connectivity index (χ2v) is 9.79. The molecule has 4 rings (SSSR count). The van der Waals surface area contributed by atoms with Gasteiger partial charge in [0.15, 0.2) is 15.6 Å². The van der Waals surface area contributed by atoms with Crippen LogP contribution in [0, 0.1) is 0 Å². The number of thiophene rings is 1. The van der Waals surface area contributed by atoms with E-state index in [2.05, 4.69) is 5.32 Å². The largest absolute Gasteiger partial charge is 0.426 e. The Kier molecular flexibility index (Phi) is 4.53. The van der Waals surface area contributed by atoms with E-state index in [0.29, 0.717) is 21.9 Å². The van der Waals surface area contributed by atoms with Gasteiger partial charge in [0.1, 0.15) is 9.96 Å². The van der Waals surface area contributed by atoms with Gasteiger partial charge in [0.2, 0.25) is 0 Å². The summed E-state index contributed by atoms with van der Waals surface area (Å²) < 4.78 is 36.2. The number of sulfone groups is 1. The number of rotatable bonds is 4. The number of nitrogens with one attached hydrogen (secondary N) is 1. The highest BCUT2D eigenvalue weighted by Gasteiger charge is 2.38. The molecule has 0 aliphatic carbocycles. The Hall–Kier alpha value is -2.58. The number of amides is 1. The summed E-state index contributed by atoms with van der Waals surface area (Å²) in [7, 11) is -3.32. The van der Waals surface area contributed by atoms with Crippen molar-refractivity contribution >= 4 is 27.1 Å². The van der Waals surface area contributed by atoms with Gasteiger partial charge < -0.3 is 14.5 Å². The van der Waals surface area contributed by atoms with Gasteiger partial charge in [-0.2, -0.15) is 0 Å². The van der Waals surface area contributed by atoms with Gasteiger partial charge in [0, 0.05) is 11.6 Å². The average Bonchev–Trinajstić information content (AvgIpc) is 3.31. The number of fused-ring (bicyclic) bond motifs is 1. The quantitative estimate of drug-likeness (QED) is 0.707. The highest BCUT2D eigenvalue weighted by Crippen LogP contribution is 2.39. The van der Waals surface area contributed by atoms with Gasteiger partial charge in [-0.1, -0.05) is 18.2 Å². The Bertz CT molecular complexity index is 1070. The van der Waals surface area contributed by atoms with Crippen molar-refractivity contribution in [3.05, 3.63) is 65.2 Å². The predicted octanol–water partition coefficient (Wildman–Crippen LogP) is 4.17. The number of benzene rings is 1. The topological polar surface area (TPSA) is 85.6 Å². The lowest BCUT2D eigenvalue weighted by Gasteiger charge is -2.27. The first-order chi connectivity index (χ1) is 12.9. The summed E-state index contributed by atoms with van der Waals surface area (Å²) in [5, 5.41) is 4.06. The van der Waals surface area contributed by atoms with E-state index in [1.165, 1.54) is 17.4 Å². The lowest BCUT2D eigenvalue weighted by Crippen LogP contribution is -2.36. The molecule has 6 nitrogen and oxygen atoms in total. The van der Waals surface area contributed by atoms with E-state index in [0.717, 1.165) is 0 Å². The number of furan rings is 1. The van der Waals surface area contributed by atoms with Crippen LogP contribution in [0.1, 0.15) is 35.5 Å². The Morgan fingerprint density at radius 3 is 2.74 bits per heavy atom. The van der Waals surface area contributed by atoms with Gasteiger partial charge in [0.05, 0.1) is 11.3 Å². The maximum absolute atomic E-state index is 12.6. The zero-order valence-corrected chi connectivity index (χ0v) is 16.0. The van der Waals surface area contributed by atoms with E-state index >= 15 is 0 Å². The first kappa shape index (κ1) is 17.8. The fourth-order valence-corrected chi connectivity index (χ4v) is 6.26. The maximum atomic E-state index is 12.6. The molecule has 1 aliphatic heterocycles. The molecule has 0 fully saturated rings. The number of ether oxygens (including phenoxy) is 1. The normalized spacial score (nSPS) is 20.6. The molecule has 1 amide bonds. The van der Waals surface area contributed by atoms with Crippen molar-refractivity contribution in [3.63, 3.8) is 0 Å². The smallest absolute Gasteiger partial charge is 0.290 e. The molecule has 8 heteroatoms. The fourth-order valence-electron chi connectivity index (χ4n) is 3.03. The zero-order chi connectivity index (χ0) is 19.0. The van der Waals surface area contributed by atoms with Crippen LogP contribution in [0.25, 0.3) is 0 Å². The molecule has 0 unspecified atom stereocenters.